The summed E-state index contributed by atoms with van der Waals surface area (Å²) >= 11 is 6.05. The van der Waals surface area contributed by atoms with E-state index in [1.807, 2.05) is 6.07 Å². The predicted molar refractivity (Wildman–Crippen MR) is 72.6 cm³/mol. The van der Waals surface area contributed by atoms with Gasteiger partial charge < -0.3 is 9.64 Å². The van der Waals surface area contributed by atoms with Gasteiger partial charge in [-0.1, -0.05) is 18.5 Å². The molecule has 1 saturated heterocycles. The van der Waals surface area contributed by atoms with Crippen LogP contribution >= 0.6 is 11.6 Å². The first kappa shape index (κ1) is 12.6. The van der Waals surface area contributed by atoms with Crippen LogP contribution in [-0.4, -0.2) is 45.9 Å². The molecule has 102 valence electrons. The zero-order valence-electron chi connectivity index (χ0n) is 11.0. The number of aromatic nitrogens is 4. The van der Waals surface area contributed by atoms with Crippen LogP contribution in [0.1, 0.15) is 13.3 Å². The molecule has 6 nitrogen and oxygen atoms in total. The van der Waals surface area contributed by atoms with Gasteiger partial charge in [-0.3, -0.25) is 0 Å². The number of hydrogen-bond donors (Lipinski definition) is 0. The lowest BCUT2D eigenvalue weighted by molar-refractivity contribution is 0.0495. The molecule has 2 aromatic heterocycles. The Morgan fingerprint density at radius 3 is 3.11 bits per heavy atom. The van der Waals surface area contributed by atoms with Crippen LogP contribution in [0.4, 0.5) is 5.82 Å². The Morgan fingerprint density at radius 2 is 2.32 bits per heavy atom. The number of piperidine rings is 1. The highest BCUT2D eigenvalue weighted by Gasteiger charge is 2.27. The Kier molecular flexibility index (Phi) is 3.28. The van der Waals surface area contributed by atoms with E-state index in [0.29, 0.717) is 16.8 Å². The summed E-state index contributed by atoms with van der Waals surface area (Å²) in [6.07, 6.45) is 2.79. The molecule has 1 fully saturated rings. The van der Waals surface area contributed by atoms with Crippen molar-refractivity contribution in [1.82, 2.24) is 19.6 Å². The van der Waals surface area contributed by atoms with Crippen molar-refractivity contribution >= 4 is 23.2 Å². The number of rotatable bonds is 2. The third-order valence-electron chi connectivity index (χ3n) is 3.72. The zero-order chi connectivity index (χ0) is 13.4. The normalized spacial score (nSPS) is 24.1. The van der Waals surface area contributed by atoms with E-state index in [2.05, 4.69) is 26.9 Å². The summed E-state index contributed by atoms with van der Waals surface area (Å²) in [6, 6.07) is 1.83. The number of hydrogen-bond acceptors (Lipinski definition) is 5. The Labute approximate surface area is 116 Å². The summed E-state index contributed by atoms with van der Waals surface area (Å²) in [5.41, 5.74) is 0. The van der Waals surface area contributed by atoms with Gasteiger partial charge in [0.05, 0.1) is 6.10 Å². The second kappa shape index (κ2) is 4.94. The highest BCUT2D eigenvalue weighted by Crippen LogP contribution is 2.26. The van der Waals surface area contributed by atoms with Gasteiger partial charge in [0, 0.05) is 26.3 Å². The van der Waals surface area contributed by atoms with Crippen LogP contribution in [0.5, 0.6) is 0 Å². The topological polar surface area (TPSA) is 55.5 Å². The molecule has 3 heterocycles. The average molecular weight is 282 g/mol. The van der Waals surface area contributed by atoms with E-state index >= 15 is 0 Å². The summed E-state index contributed by atoms with van der Waals surface area (Å²) in [4.78, 5) is 10.5. The number of ether oxygens (including phenoxy) is 1. The number of methoxy groups -OCH3 is 1. The minimum atomic E-state index is 0.222. The van der Waals surface area contributed by atoms with Gasteiger partial charge in [-0.2, -0.15) is 19.6 Å². The molecule has 19 heavy (non-hydrogen) atoms. The van der Waals surface area contributed by atoms with Crippen LogP contribution in [0.15, 0.2) is 12.4 Å². The number of nitrogens with zero attached hydrogens (tertiary/aromatic N) is 5. The molecule has 0 aromatic carbocycles. The van der Waals surface area contributed by atoms with Crippen molar-refractivity contribution < 1.29 is 4.74 Å². The zero-order valence-corrected chi connectivity index (χ0v) is 11.7. The largest absolute Gasteiger partial charge is 0.379 e. The van der Waals surface area contributed by atoms with Gasteiger partial charge in [-0.15, -0.1) is 0 Å². The highest BCUT2D eigenvalue weighted by molar-refractivity contribution is 6.29. The van der Waals surface area contributed by atoms with Crippen molar-refractivity contribution in [1.29, 1.82) is 0 Å². The van der Waals surface area contributed by atoms with E-state index in [-0.39, 0.29) is 6.10 Å². The van der Waals surface area contributed by atoms with Crippen molar-refractivity contribution in [3.8, 4) is 0 Å². The van der Waals surface area contributed by atoms with Gasteiger partial charge in [-0.25, -0.2) is 0 Å². The van der Waals surface area contributed by atoms with E-state index in [1.165, 1.54) is 6.33 Å². The number of fused-ring (bicyclic) bond motifs is 1. The Balaban J connectivity index is 1.97. The first-order valence-corrected chi connectivity index (χ1v) is 6.71. The molecular weight excluding hydrogens is 266 g/mol. The van der Waals surface area contributed by atoms with Gasteiger partial charge in [0.25, 0.3) is 5.78 Å². The van der Waals surface area contributed by atoms with Crippen molar-refractivity contribution in [2.45, 2.75) is 19.4 Å². The molecular formula is C12H16ClN5O. The standard InChI is InChI=1S/C12H16ClN5O/c1-8-3-4-17(6-9(8)19-2)11-5-10(13)16-12-14-7-15-18(11)12/h5,7-9H,3-4,6H2,1-2H3. The second-order valence-corrected chi connectivity index (χ2v) is 5.28. The molecule has 0 amide bonds. The number of anilines is 1. The fraction of sp³-hybridized carbons (Fsp3) is 0.583. The minimum Gasteiger partial charge on any atom is -0.379 e. The third-order valence-corrected chi connectivity index (χ3v) is 3.91. The van der Waals surface area contributed by atoms with Crippen LogP contribution in [0.2, 0.25) is 5.15 Å². The van der Waals surface area contributed by atoms with Crippen molar-refractivity contribution in [3.63, 3.8) is 0 Å². The highest BCUT2D eigenvalue weighted by atomic mass is 35.5. The Bertz CT molecular complexity index is 587. The molecule has 1 aliphatic heterocycles. The number of halogens is 1. The summed E-state index contributed by atoms with van der Waals surface area (Å²) in [5.74, 6) is 2.00. The molecule has 0 saturated carbocycles. The van der Waals surface area contributed by atoms with Crippen LogP contribution in [0, 0.1) is 5.92 Å². The molecule has 7 heteroatoms. The molecule has 2 aromatic rings. The maximum atomic E-state index is 6.05. The monoisotopic (exact) mass is 281 g/mol. The van der Waals surface area contributed by atoms with Gasteiger partial charge >= 0.3 is 0 Å². The molecule has 1 aliphatic rings. The lowest BCUT2D eigenvalue weighted by Gasteiger charge is -2.37. The first-order chi connectivity index (χ1) is 9.19. The minimum absolute atomic E-state index is 0.222. The first-order valence-electron chi connectivity index (χ1n) is 6.33. The Hall–Kier alpha value is -1.40. The molecule has 0 radical (unpaired) electrons. The summed E-state index contributed by atoms with van der Waals surface area (Å²) < 4.78 is 7.26. The van der Waals surface area contributed by atoms with E-state index < -0.39 is 0 Å². The SMILES string of the molecule is COC1CN(c2cc(Cl)nc3ncnn23)CCC1C. The molecule has 3 rings (SSSR count). The van der Waals surface area contributed by atoms with Crippen LogP contribution < -0.4 is 4.90 Å². The average Bonchev–Trinajstić information content (AvgIpc) is 2.86. The van der Waals surface area contributed by atoms with E-state index in [0.717, 1.165) is 25.3 Å². The lowest BCUT2D eigenvalue weighted by atomic mass is 9.96. The molecule has 0 spiro atoms. The van der Waals surface area contributed by atoms with E-state index in [4.69, 9.17) is 16.3 Å². The summed E-state index contributed by atoms with van der Waals surface area (Å²) in [5, 5.41) is 4.64. The lowest BCUT2D eigenvalue weighted by Crippen LogP contribution is -2.44. The fourth-order valence-corrected chi connectivity index (χ4v) is 2.72. The maximum Gasteiger partial charge on any atom is 0.255 e. The molecule has 2 atom stereocenters. The Morgan fingerprint density at radius 1 is 1.47 bits per heavy atom. The van der Waals surface area contributed by atoms with Crippen molar-refractivity contribution in [2.75, 3.05) is 25.1 Å². The van der Waals surface area contributed by atoms with Crippen LogP contribution in [0.3, 0.4) is 0 Å². The second-order valence-electron chi connectivity index (χ2n) is 4.90. The molecule has 0 bridgehead atoms. The van der Waals surface area contributed by atoms with Crippen LogP contribution in [-0.2, 0) is 4.74 Å². The fourth-order valence-electron chi connectivity index (χ4n) is 2.54. The van der Waals surface area contributed by atoms with Gasteiger partial charge in [-0.05, 0) is 12.3 Å². The third kappa shape index (κ3) is 2.26. The van der Waals surface area contributed by atoms with Crippen LogP contribution in [0.25, 0.3) is 5.78 Å². The van der Waals surface area contributed by atoms with Crippen molar-refractivity contribution in [2.24, 2.45) is 5.92 Å². The van der Waals surface area contributed by atoms with Gasteiger partial charge in [0.2, 0.25) is 0 Å². The van der Waals surface area contributed by atoms with Gasteiger partial charge in [0.1, 0.15) is 17.3 Å². The molecule has 0 N–H and O–H groups in total. The molecule has 2 unspecified atom stereocenters. The predicted octanol–water partition coefficient (Wildman–Crippen LogP) is 1.64. The van der Waals surface area contributed by atoms with E-state index in [1.54, 1.807) is 11.6 Å². The van der Waals surface area contributed by atoms with Crippen molar-refractivity contribution in [3.05, 3.63) is 17.5 Å². The maximum absolute atomic E-state index is 6.05. The summed E-state index contributed by atoms with van der Waals surface area (Å²) in [6.45, 7) is 4.00. The van der Waals surface area contributed by atoms with E-state index in [9.17, 15) is 0 Å². The van der Waals surface area contributed by atoms with Gasteiger partial charge in [0.15, 0.2) is 0 Å². The summed E-state index contributed by atoms with van der Waals surface area (Å²) in [7, 11) is 1.76. The smallest absolute Gasteiger partial charge is 0.255 e. The quantitative estimate of drug-likeness (QED) is 0.783. The molecule has 0 aliphatic carbocycles.